The zero-order valence-electron chi connectivity index (χ0n) is 11.5. The highest BCUT2D eigenvalue weighted by molar-refractivity contribution is 9.10. The van der Waals surface area contributed by atoms with Crippen LogP contribution in [0.5, 0.6) is 0 Å². The fourth-order valence-corrected chi connectivity index (χ4v) is 2.42. The van der Waals surface area contributed by atoms with Crippen LogP contribution in [0.15, 0.2) is 46.9 Å². The van der Waals surface area contributed by atoms with Gasteiger partial charge in [-0.1, -0.05) is 39.7 Å². The molecule has 3 N–H and O–H groups in total. The van der Waals surface area contributed by atoms with Crippen molar-refractivity contribution in [3.8, 4) is 0 Å². The third-order valence-corrected chi connectivity index (χ3v) is 3.64. The van der Waals surface area contributed by atoms with E-state index in [1.54, 1.807) is 12.1 Å². The van der Waals surface area contributed by atoms with Gasteiger partial charge in [-0.05, 0) is 43.7 Å². The van der Waals surface area contributed by atoms with Gasteiger partial charge in [-0.3, -0.25) is 4.79 Å². The van der Waals surface area contributed by atoms with Crippen molar-refractivity contribution in [3.63, 3.8) is 0 Å². The highest BCUT2D eigenvalue weighted by Crippen LogP contribution is 2.19. The van der Waals surface area contributed by atoms with Crippen LogP contribution in [0.4, 0.5) is 5.69 Å². The summed E-state index contributed by atoms with van der Waals surface area (Å²) in [4.78, 5) is 12.3. The minimum Gasteiger partial charge on any atom is -0.398 e. The van der Waals surface area contributed by atoms with Gasteiger partial charge in [0.2, 0.25) is 0 Å². The van der Waals surface area contributed by atoms with Crippen molar-refractivity contribution in [2.75, 3.05) is 5.73 Å². The second kappa shape index (κ2) is 6.09. The summed E-state index contributed by atoms with van der Waals surface area (Å²) in [6.45, 7) is 3.89. The summed E-state index contributed by atoms with van der Waals surface area (Å²) in [5.41, 5.74) is 8.93. The molecule has 104 valence electrons. The molecule has 2 aromatic rings. The van der Waals surface area contributed by atoms with Crippen LogP contribution in [-0.4, -0.2) is 5.91 Å². The SMILES string of the molecule is Cc1ccc(N)c(C(=O)N[C@@H](C)c2cccc(Br)c2)c1. The van der Waals surface area contributed by atoms with E-state index in [1.165, 1.54) is 0 Å². The molecule has 0 saturated carbocycles. The van der Waals surface area contributed by atoms with E-state index >= 15 is 0 Å². The number of nitrogens with one attached hydrogen (secondary N) is 1. The zero-order valence-corrected chi connectivity index (χ0v) is 13.1. The Hall–Kier alpha value is -1.81. The van der Waals surface area contributed by atoms with Gasteiger partial charge in [0.15, 0.2) is 0 Å². The number of rotatable bonds is 3. The van der Waals surface area contributed by atoms with Gasteiger partial charge in [-0.25, -0.2) is 0 Å². The predicted molar refractivity (Wildman–Crippen MR) is 85.6 cm³/mol. The van der Waals surface area contributed by atoms with E-state index < -0.39 is 0 Å². The quantitative estimate of drug-likeness (QED) is 0.839. The molecule has 0 aromatic heterocycles. The lowest BCUT2D eigenvalue weighted by atomic mass is 10.1. The van der Waals surface area contributed by atoms with Gasteiger partial charge in [-0.2, -0.15) is 0 Å². The van der Waals surface area contributed by atoms with Crippen LogP contribution in [0.25, 0.3) is 0 Å². The number of nitrogens with two attached hydrogens (primary N) is 1. The largest absolute Gasteiger partial charge is 0.398 e. The molecule has 2 rings (SSSR count). The molecule has 0 unspecified atom stereocenters. The lowest BCUT2D eigenvalue weighted by Gasteiger charge is -2.16. The molecule has 0 radical (unpaired) electrons. The fraction of sp³-hybridized carbons (Fsp3) is 0.188. The number of benzene rings is 2. The number of halogens is 1. The molecule has 20 heavy (non-hydrogen) atoms. The van der Waals surface area contributed by atoms with E-state index in [2.05, 4.69) is 21.2 Å². The van der Waals surface area contributed by atoms with Crippen LogP contribution < -0.4 is 11.1 Å². The summed E-state index contributed by atoms with van der Waals surface area (Å²) in [5.74, 6) is -0.154. The third-order valence-electron chi connectivity index (χ3n) is 3.15. The van der Waals surface area contributed by atoms with Gasteiger partial charge in [0.05, 0.1) is 11.6 Å². The second-order valence-corrected chi connectivity index (χ2v) is 5.76. The Balaban J connectivity index is 2.17. The maximum absolute atomic E-state index is 12.3. The van der Waals surface area contributed by atoms with Crippen LogP contribution in [0.1, 0.15) is 34.5 Å². The lowest BCUT2D eigenvalue weighted by molar-refractivity contribution is 0.0940. The first-order chi connectivity index (χ1) is 9.47. The first kappa shape index (κ1) is 14.6. The van der Waals surface area contributed by atoms with E-state index in [9.17, 15) is 4.79 Å². The molecule has 0 aliphatic carbocycles. The third kappa shape index (κ3) is 3.39. The van der Waals surface area contributed by atoms with Crippen molar-refractivity contribution >= 4 is 27.5 Å². The van der Waals surface area contributed by atoms with E-state index in [-0.39, 0.29) is 11.9 Å². The highest BCUT2D eigenvalue weighted by atomic mass is 79.9. The number of anilines is 1. The number of nitrogen functional groups attached to an aromatic ring is 1. The highest BCUT2D eigenvalue weighted by Gasteiger charge is 2.14. The molecule has 0 fully saturated rings. The molecule has 2 aromatic carbocycles. The number of amides is 1. The van der Waals surface area contributed by atoms with E-state index in [1.807, 2.05) is 44.2 Å². The molecule has 0 aliphatic rings. The number of carbonyl (C=O) groups excluding carboxylic acids is 1. The van der Waals surface area contributed by atoms with Gasteiger partial charge < -0.3 is 11.1 Å². The Morgan fingerprint density at radius 2 is 2.00 bits per heavy atom. The normalized spacial score (nSPS) is 11.9. The first-order valence-corrected chi connectivity index (χ1v) is 7.19. The van der Waals surface area contributed by atoms with Crippen LogP contribution in [0.3, 0.4) is 0 Å². The summed E-state index contributed by atoms with van der Waals surface area (Å²) < 4.78 is 0.992. The smallest absolute Gasteiger partial charge is 0.253 e. The fourth-order valence-electron chi connectivity index (χ4n) is 2.00. The summed E-state index contributed by atoms with van der Waals surface area (Å²) in [7, 11) is 0. The summed E-state index contributed by atoms with van der Waals surface area (Å²) >= 11 is 3.43. The van der Waals surface area contributed by atoms with E-state index in [0.717, 1.165) is 15.6 Å². The molecule has 0 bridgehead atoms. The molecule has 0 aliphatic heterocycles. The van der Waals surface area contributed by atoms with Crippen LogP contribution >= 0.6 is 15.9 Å². The Morgan fingerprint density at radius 3 is 2.70 bits per heavy atom. The Morgan fingerprint density at radius 1 is 1.25 bits per heavy atom. The van der Waals surface area contributed by atoms with Gasteiger partial charge in [0.25, 0.3) is 5.91 Å². The molecule has 0 heterocycles. The number of hydrogen-bond acceptors (Lipinski definition) is 2. The van der Waals surface area contributed by atoms with Gasteiger partial charge in [0.1, 0.15) is 0 Å². The molecule has 3 nitrogen and oxygen atoms in total. The molecule has 0 spiro atoms. The monoisotopic (exact) mass is 332 g/mol. The molecular formula is C16H17BrN2O. The minimum absolute atomic E-state index is 0.0834. The van der Waals surface area contributed by atoms with Crippen molar-refractivity contribution < 1.29 is 4.79 Å². The van der Waals surface area contributed by atoms with Crippen LogP contribution in [0.2, 0.25) is 0 Å². The Labute approximate surface area is 127 Å². The van der Waals surface area contributed by atoms with Gasteiger partial charge in [0, 0.05) is 10.2 Å². The maximum Gasteiger partial charge on any atom is 0.253 e. The average Bonchev–Trinajstić information content (AvgIpc) is 2.41. The topological polar surface area (TPSA) is 55.1 Å². The van der Waals surface area contributed by atoms with Crippen molar-refractivity contribution in [3.05, 3.63) is 63.6 Å². The summed E-state index contributed by atoms with van der Waals surface area (Å²) in [6.07, 6.45) is 0. The van der Waals surface area contributed by atoms with Crippen LogP contribution in [-0.2, 0) is 0 Å². The van der Waals surface area contributed by atoms with Gasteiger partial charge >= 0.3 is 0 Å². The van der Waals surface area contributed by atoms with Crippen molar-refractivity contribution in [2.24, 2.45) is 0 Å². The number of hydrogen-bond donors (Lipinski definition) is 2. The molecule has 1 atom stereocenters. The zero-order chi connectivity index (χ0) is 14.7. The number of aryl methyl sites for hydroxylation is 1. The molecule has 0 saturated heterocycles. The van der Waals surface area contributed by atoms with Crippen molar-refractivity contribution in [1.82, 2.24) is 5.32 Å². The van der Waals surface area contributed by atoms with E-state index in [4.69, 9.17) is 5.73 Å². The molecular weight excluding hydrogens is 316 g/mol. The Bertz CT molecular complexity index is 640. The first-order valence-electron chi connectivity index (χ1n) is 6.40. The van der Waals surface area contributed by atoms with Crippen molar-refractivity contribution in [1.29, 1.82) is 0 Å². The van der Waals surface area contributed by atoms with E-state index in [0.29, 0.717) is 11.3 Å². The second-order valence-electron chi connectivity index (χ2n) is 4.84. The average molecular weight is 333 g/mol. The number of carbonyl (C=O) groups is 1. The summed E-state index contributed by atoms with van der Waals surface area (Å²) in [5, 5.41) is 2.97. The Kier molecular flexibility index (Phi) is 4.45. The summed E-state index contributed by atoms with van der Waals surface area (Å²) in [6, 6.07) is 13.2. The minimum atomic E-state index is -0.154. The van der Waals surface area contributed by atoms with Crippen LogP contribution in [0, 0.1) is 6.92 Å². The standard InChI is InChI=1S/C16H17BrN2O/c1-10-6-7-15(18)14(8-10)16(20)19-11(2)12-4-3-5-13(17)9-12/h3-9,11H,18H2,1-2H3,(H,19,20)/t11-/m0/s1. The van der Waals surface area contributed by atoms with Crippen molar-refractivity contribution in [2.45, 2.75) is 19.9 Å². The molecule has 1 amide bonds. The predicted octanol–water partition coefficient (Wildman–Crippen LogP) is 3.83. The maximum atomic E-state index is 12.3. The lowest BCUT2D eigenvalue weighted by Crippen LogP contribution is -2.27. The van der Waals surface area contributed by atoms with Gasteiger partial charge in [-0.15, -0.1) is 0 Å². The molecule has 4 heteroatoms.